The first-order valence-corrected chi connectivity index (χ1v) is 7.39. The van der Waals surface area contributed by atoms with Gasteiger partial charge in [-0.2, -0.15) is 0 Å². The number of hydrogen-bond acceptors (Lipinski definition) is 3. The highest BCUT2D eigenvalue weighted by Crippen LogP contribution is 2.27. The monoisotopic (exact) mass is 274 g/mol. The molecule has 0 bridgehead atoms. The molecule has 0 saturated carbocycles. The first-order valence-electron chi connectivity index (χ1n) is 6.51. The van der Waals surface area contributed by atoms with Gasteiger partial charge in [-0.3, -0.25) is 4.79 Å². The predicted octanol–water partition coefficient (Wildman–Crippen LogP) is 4.25. The number of hydrogen-bond donors (Lipinski definition) is 0. The Morgan fingerprint density at radius 2 is 2.05 bits per heavy atom. The van der Waals surface area contributed by atoms with Gasteiger partial charge < -0.3 is 4.74 Å². The summed E-state index contributed by atoms with van der Waals surface area (Å²) in [6.07, 6.45) is 0.875. The van der Waals surface area contributed by atoms with Gasteiger partial charge in [0.15, 0.2) is 0 Å². The highest BCUT2D eigenvalue weighted by atomic mass is 32.1. The number of carbonyl (C=O) groups excluding carboxylic acids is 1. The van der Waals surface area contributed by atoms with Gasteiger partial charge in [0, 0.05) is 0 Å². The SMILES string of the molecule is CCOc1ccc(C)cc1C(=O)c1sccc1CC. The van der Waals surface area contributed by atoms with Crippen LogP contribution in [0.5, 0.6) is 5.75 Å². The Labute approximate surface area is 118 Å². The van der Waals surface area contributed by atoms with Gasteiger partial charge in [-0.1, -0.05) is 18.6 Å². The highest BCUT2D eigenvalue weighted by molar-refractivity contribution is 7.12. The topological polar surface area (TPSA) is 26.3 Å². The molecule has 0 spiro atoms. The quantitative estimate of drug-likeness (QED) is 0.762. The summed E-state index contributed by atoms with van der Waals surface area (Å²) in [5.41, 5.74) is 2.85. The zero-order chi connectivity index (χ0) is 13.8. The fourth-order valence-electron chi connectivity index (χ4n) is 2.04. The van der Waals surface area contributed by atoms with Gasteiger partial charge in [-0.15, -0.1) is 11.3 Å². The summed E-state index contributed by atoms with van der Waals surface area (Å²) in [4.78, 5) is 13.5. The predicted molar refractivity (Wildman–Crippen MR) is 79.5 cm³/mol. The fourth-order valence-corrected chi connectivity index (χ4v) is 2.99. The van der Waals surface area contributed by atoms with Crippen LogP contribution >= 0.6 is 11.3 Å². The molecule has 2 aromatic rings. The van der Waals surface area contributed by atoms with Crippen molar-refractivity contribution in [2.24, 2.45) is 0 Å². The summed E-state index contributed by atoms with van der Waals surface area (Å²) in [7, 11) is 0. The van der Waals surface area contributed by atoms with Crippen LogP contribution in [0.4, 0.5) is 0 Å². The Morgan fingerprint density at radius 1 is 1.26 bits per heavy atom. The molecule has 0 N–H and O–H groups in total. The van der Waals surface area contributed by atoms with Crippen molar-refractivity contribution in [2.45, 2.75) is 27.2 Å². The summed E-state index contributed by atoms with van der Waals surface area (Å²) in [6.45, 7) is 6.55. The molecule has 0 radical (unpaired) electrons. The van der Waals surface area contributed by atoms with Crippen molar-refractivity contribution in [3.8, 4) is 5.75 Å². The minimum atomic E-state index is 0.0685. The second kappa shape index (κ2) is 6.02. The third-order valence-corrected chi connectivity index (χ3v) is 3.97. The van der Waals surface area contributed by atoms with E-state index in [9.17, 15) is 4.79 Å². The molecule has 1 aromatic heterocycles. The summed E-state index contributed by atoms with van der Waals surface area (Å²) < 4.78 is 5.57. The normalized spacial score (nSPS) is 10.5. The van der Waals surface area contributed by atoms with Gasteiger partial charge in [0.05, 0.1) is 17.0 Å². The van der Waals surface area contributed by atoms with Crippen LogP contribution < -0.4 is 4.74 Å². The van der Waals surface area contributed by atoms with Crippen LogP contribution in [0.1, 0.15) is 40.2 Å². The molecular formula is C16H18O2S. The highest BCUT2D eigenvalue weighted by Gasteiger charge is 2.18. The fraction of sp³-hybridized carbons (Fsp3) is 0.312. The van der Waals surface area contributed by atoms with Crippen LogP contribution in [-0.4, -0.2) is 12.4 Å². The molecule has 0 unspecified atom stereocenters. The van der Waals surface area contributed by atoms with Crippen LogP contribution in [0.15, 0.2) is 29.6 Å². The molecule has 0 aliphatic heterocycles. The molecule has 100 valence electrons. The van der Waals surface area contributed by atoms with E-state index >= 15 is 0 Å². The lowest BCUT2D eigenvalue weighted by atomic mass is 10.0. The Morgan fingerprint density at radius 3 is 2.74 bits per heavy atom. The van der Waals surface area contributed by atoms with Gasteiger partial charge in [-0.25, -0.2) is 0 Å². The van der Waals surface area contributed by atoms with Crippen molar-refractivity contribution in [1.82, 2.24) is 0 Å². The van der Waals surface area contributed by atoms with Crippen LogP contribution in [0.25, 0.3) is 0 Å². The van der Waals surface area contributed by atoms with E-state index in [1.54, 1.807) is 0 Å². The van der Waals surface area contributed by atoms with Crippen LogP contribution in [-0.2, 0) is 6.42 Å². The number of thiophene rings is 1. The van der Waals surface area contributed by atoms with E-state index in [0.29, 0.717) is 17.9 Å². The number of aryl methyl sites for hydroxylation is 2. The molecule has 3 heteroatoms. The van der Waals surface area contributed by atoms with Crippen molar-refractivity contribution >= 4 is 17.1 Å². The van der Waals surface area contributed by atoms with E-state index in [2.05, 4.69) is 6.92 Å². The second-order valence-electron chi connectivity index (χ2n) is 4.39. The number of rotatable bonds is 5. The second-order valence-corrected chi connectivity index (χ2v) is 5.31. The van der Waals surface area contributed by atoms with Crippen LogP contribution in [0, 0.1) is 6.92 Å². The Hall–Kier alpha value is -1.61. The van der Waals surface area contributed by atoms with Crippen molar-refractivity contribution in [3.05, 3.63) is 51.2 Å². The molecule has 1 aromatic carbocycles. The van der Waals surface area contributed by atoms with Crippen molar-refractivity contribution in [2.75, 3.05) is 6.61 Å². The first-order chi connectivity index (χ1) is 9.17. The molecule has 0 saturated heterocycles. The lowest BCUT2D eigenvalue weighted by Crippen LogP contribution is -2.06. The van der Waals surface area contributed by atoms with E-state index in [-0.39, 0.29) is 5.78 Å². The van der Waals surface area contributed by atoms with Crippen molar-refractivity contribution in [3.63, 3.8) is 0 Å². The zero-order valence-electron chi connectivity index (χ0n) is 11.5. The Kier molecular flexibility index (Phi) is 4.38. The molecule has 0 atom stereocenters. The molecule has 0 amide bonds. The van der Waals surface area contributed by atoms with Crippen LogP contribution in [0.2, 0.25) is 0 Å². The zero-order valence-corrected chi connectivity index (χ0v) is 12.3. The van der Waals surface area contributed by atoms with Gasteiger partial charge in [0.1, 0.15) is 5.75 Å². The minimum Gasteiger partial charge on any atom is -0.493 e. The standard InChI is InChI=1S/C16H18O2S/c1-4-12-8-9-19-16(12)15(17)13-10-11(3)6-7-14(13)18-5-2/h6-10H,4-5H2,1-3H3. The van der Waals surface area contributed by atoms with Crippen molar-refractivity contribution < 1.29 is 9.53 Å². The van der Waals surface area contributed by atoms with Crippen LogP contribution in [0.3, 0.4) is 0 Å². The summed E-state index contributed by atoms with van der Waals surface area (Å²) in [6, 6.07) is 7.78. The molecule has 0 aliphatic carbocycles. The van der Waals surface area contributed by atoms with E-state index < -0.39 is 0 Å². The lowest BCUT2D eigenvalue weighted by molar-refractivity contribution is 0.103. The largest absolute Gasteiger partial charge is 0.493 e. The Bertz CT molecular complexity index is 584. The van der Waals surface area contributed by atoms with Gasteiger partial charge >= 0.3 is 0 Å². The van der Waals surface area contributed by atoms with Gasteiger partial charge in [0.2, 0.25) is 5.78 Å². The maximum Gasteiger partial charge on any atom is 0.206 e. The van der Waals surface area contributed by atoms with E-state index in [1.807, 2.05) is 43.5 Å². The molecule has 1 heterocycles. The maximum atomic E-state index is 12.7. The average Bonchev–Trinajstić information content (AvgIpc) is 2.88. The Balaban J connectivity index is 2.45. The van der Waals surface area contributed by atoms with Crippen molar-refractivity contribution in [1.29, 1.82) is 0 Å². The molecule has 2 nitrogen and oxygen atoms in total. The maximum absolute atomic E-state index is 12.7. The number of benzene rings is 1. The minimum absolute atomic E-state index is 0.0685. The van der Waals surface area contributed by atoms with E-state index in [1.165, 1.54) is 11.3 Å². The summed E-state index contributed by atoms with van der Waals surface area (Å²) in [5.74, 6) is 0.743. The number of ether oxygens (including phenoxy) is 1. The first kappa shape index (κ1) is 13.8. The molecule has 0 fully saturated rings. The third-order valence-electron chi connectivity index (χ3n) is 3.01. The van der Waals surface area contributed by atoms with E-state index in [0.717, 1.165) is 22.4 Å². The van der Waals surface area contributed by atoms with E-state index in [4.69, 9.17) is 4.74 Å². The molecular weight excluding hydrogens is 256 g/mol. The summed E-state index contributed by atoms with van der Waals surface area (Å²) in [5, 5.41) is 1.97. The van der Waals surface area contributed by atoms with Gasteiger partial charge in [0.25, 0.3) is 0 Å². The van der Waals surface area contributed by atoms with Gasteiger partial charge in [-0.05, 0) is 49.4 Å². The third kappa shape index (κ3) is 2.87. The molecule has 2 rings (SSSR count). The average molecular weight is 274 g/mol. The molecule has 0 aliphatic rings. The summed E-state index contributed by atoms with van der Waals surface area (Å²) >= 11 is 1.50. The lowest BCUT2D eigenvalue weighted by Gasteiger charge is -2.10. The number of carbonyl (C=O) groups is 1. The smallest absolute Gasteiger partial charge is 0.206 e. The number of ketones is 1. The molecule has 19 heavy (non-hydrogen) atoms.